The van der Waals surface area contributed by atoms with Gasteiger partial charge in [-0.15, -0.1) is 0 Å². The highest BCUT2D eigenvalue weighted by Gasteiger charge is 2.31. The molecule has 0 bridgehead atoms. The average Bonchev–Trinajstić information content (AvgIpc) is 3.50. The van der Waals surface area contributed by atoms with Crippen molar-refractivity contribution in [2.24, 2.45) is 0 Å². The number of carbonyl (C=O) groups excluding carboxylic acids is 5. The van der Waals surface area contributed by atoms with Gasteiger partial charge in [-0.05, 0) is 36.1 Å². The predicted octanol–water partition coefficient (Wildman–Crippen LogP) is 4.07. The number of ketones is 1. The first-order chi connectivity index (χ1) is 22.7. The van der Waals surface area contributed by atoms with Crippen LogP contribution in [0.4, 0.5) is 4.79 Å². The Hall–Kier alpha value is -5.45. The normalized spacial score (nSPS) is 12.7. The molecule has 3 atom stereocenters. The Morgan fingerprint density at radius 2 is 1.40 bits per heavy atom. The van der Waals surface area contributed by atoms with Crippen LogP contribution in [0.15, 0.2) is 91.1 Å². The van der Waals surface area contributed by atoms with Gasteiger partial charge in [-0.2, -0.15) is 0 Å². The quantitative estimate of drug-likeness (QED) is 0.116. The zero-order chi connectivity index (χ0) is 33.6. The van der Waals surface area contributed by atoms with Crippen LogP contribution in [0.25, 0.3) is 10.9 Å². The number of aromatic amines is 1. The number of ether oxygens (including phenoxy) is 1. The van der Waals surface area contributed by atoms with Crippen molar-refractivity contribution < 1.29 is 28.7 Å². The molecule has 4 rings (SSSR count). The van der Waals surface area contributed by atoms with E-state index in [1.54, 1.807) is 6.20 Å². The third kappa shape index (κ3) is 10.3. The van der Waals surface area contributed by atoms with Gasteiger partial charge in [-0.3, -0.25) is 19.2 Å². The average molecular weight is 640 g/mol. The Labute approximate surface area is 273 Å². The molecule has 0 radical (unpaired) electrons. The van der Waals surface area contributed by atoms with Gasteiger partial charge in [0.2, 0.25) is 17.6 Å². The molecule has 47 heavy (non-hydrogen) atoms. The standard InChI is InChI=1S/C36H41N5O6/c1-3-4-18-30(32(42)35(45)38-21-25-13-7-5-8-14-25)40-34(44)31(20-27-22-37-29-19-12-11-17-28(27)29)41-33(43)24(2)39-36(46)47-23-26-15-9-6-10-16-26/h5-17,19,22,24,30-31,37H,3-4,18,20-21,23H2,1-2H3,(H,38,45)(H,39,46)(H,40,44)(H,41,43). The van der Waals surface area contributed by atoms with Crippen LogP contribution < -0.4 is 21.3 Å². The van der Waals surface area contributed by atoms with Gasteiger partial charge in [0.1, 0.15) is 18.7 Å². The van der Waals surface area contributed by atoms with Crippen molar-refractivity contribution in [1.82, 2.24) is 26.3 Å². The van der Waals surface area contributed by atoms with Crippen LogP contribution in [0.1, 0.15) is 49.8 Å². The van der Waals surface area contributed by atoms with E-state index in [0.29, 0.717) is 6.42 Å². The lowest BCUT2D eigenvalue weighted by molar-refractivity contribution is -0.140. The van der Waals surface area contributed by atoms with E-state index in [4.69, 9.17) is 4.74 Å². The molecule has 4 amide bonds. The highest BCUT2D eigenvalue weighted by molar-refractivity contribution is 6.38. The molecule has 5 N–H and O–H groups in total. The number of carbonyl (C=O) groups is 5. The summed E-state index contributed by atoms with van der Waals surface area (Å²) in [6, 6.07) is 22.6. The number of benzene rings is 3. The van der Waals surface area contributed by atoms with Crippen molar-refractivity contribution in [2.75, 3.05) is 0 Å². The molecule has 11 heteroatoms. The zero-order valence-electron chi connectivity index (χ0n) is 26.6. The summed E-state index contributed by atoms with van der Waals surface area (Å²) < 4.78 is 5.23. The molecule has 0 fully saturated rings. The highest BCUT2D eigenvalue weighted by atomic mass is 16.5. The number of alkyl carbamates (subject to hydrolysis) is 1. The topological polar surface area (TPSA) is 158 Å². The number of Topliss-reactive ketones (excluding diaryl/α,β-unsaturated/α-hetero) is 1. The minimum Gasteiger partial charge on any atom is -0.445 e. The summed E-state index contributed by atoms with van der Waals surface area (Å²) in [6.07, 6.45) is 2.64. The molecular formula is C36H41N5O6. The maximum absolute atomic E-state index is 13.8. The number of para-hydroxylation sites is 1. The molecule has 4 aromatic rings. The van der Waals surface area contributed by atoms with Crippen LogP contribution >= 0.6 is 0 Å². The Kier molecular flexibility index (Phi) is 12.7. The Balaban J connectivity index is 1.45. The highest BCUT2D eigenvalue weighted by Crippen LogP contribution is 2.19. The number of nitrogens with one attached hydrogen (secondary N) is 5. The van der Waals surface area contributed by atoms with Gasteiger partial charge in [0.05, 0.1) is 6.04 Å². The molecule has 3 unspecified atom stereocenters. The number of H-pyrrole nitrogens is 1. The van der Waals surface area contributed by atoms with E-state index in [9.17, 15) is 24.0 Å². The number of rotatable bonds is 16. The van der Waals surface area contributed by atoms with Gasteiger partial charge < -0.3 is 31.0 Å². The van der Waals surface area contributed by atoms with E-state index in [2.05, 4.69) is 26.3 Å². The van der Waals surface area contributed by atoms with Gasteiger partial charge in [0.25, 0.3) is 5.91 Å². The number of amides is 4. The van der Waals surface area contributed by atoms with Crippen LogP contribution in [0, 0.1) is 0 Å². The summed E-state index contributed by atoms with van der Waals surface area (Å²) in [5.41, 5.74) is 3.24. The molecular weight excluding hydrogens is 598 g/mol. The third-order valence-electron chi connectivity index (χ3n) is 7.67. The summed E-state index contributed by atoms with van der Waals surface area (Å²) in [6.45, 7) is 3.61. The zero-order valence-corrected chi connectivity index (χ0v) is 26.6. The number of hydrogen-bond donors (Lipinski definition) is 5. The van der Waals surface area contributed by atoms with E-state index in [1.165, 1.54) is 6.92 Å². The number of unbranched alkanes of at least 4 members (excludes halogenated alkanes) is 1. The number of aromatic nitrogens is 1. The van der Waals surface area contributed by atoms with Crippen molar-refractivity contribution >= 4 is 40.5 Å². The van der Waals surface area contributed by atoms with Crippen LogP contribution in [0.2, 0.25) is 0 Å². The molecule has 11 nitrogen and oxygen atoms in total. The van der Waals surface area contributed by atoms with Crippen molar-refractivity contribution in [3.8, 4) is 0 Å². The molecule has 3 aromatic carbocycles. The van der Waals surface area contributed by atoms with Crippen molar-refractivity contribution in [2.45, 2.75) is 70.8 Å². The fourth-order valence-electron chi connectivity index (χ4n) is 5.01. The molecule has 0 spiro atoms. The summed E-state index contributed by atoms with van der Waals surface area (Å²) in [4.78, 5) is 68.8. The minimum absolute atomic E-state index is 0.0265. The molecule has 0 aliphatic rings. The fraction of sp³-hybridized carbons (Fsp3) is 0.306. The van der Waals surface area contributed by atoms with E-state index >= 15 is 0 Å². The predicted molar refractivity (Wildman–Crippen MR) is 178 cm³/mol. The van der Waals surface area contributed by atoms with Crippen molar-refractivity contribution in [3.63, 3.8) is 0 Å². The van der Waals surface area contributed by atoms with Gasteiger partial charge in [-0.25, -0.2) is 4.79 Å². The second-order valence-electron chi connectivity index (χ2n) is 11.3. The Bertz CT molecular complexity index is 1660. The smallest absolute Gasteiger partial charge is 0.408 e. The van der Waals surface area contributed by atoms with Crippen molar-refractivity contribution in [1.29, 1.82) is 0 Å². The van der Waals surface area contributed by atoms with Crippen molar-refractivity contribution in [3.05, 3.63) is 108 Å². The van der Waals surface area contributed by atoms with E-state index < -0.39 is 47.7 Å². The van der Waals surface area contributed by atoms with Crippen LogP contribution in [-0.4, -0.2) is 52.7 Å². The first-order valence-corrected chi connectivity index (χ1v) is 15.7. The van der Waals surface area contributed by atoms with Gasteiger partial charge in [0.15, 0.2) is 0 Å². The van der Waals surface area contributed by atoms with Crippen LogP contribution in [-0.2, 0) is 43.5 Å². The molecule has 0 aliphatic heterocycles. The fourth-order valence-corrected chi connectivity index (χ4v) is 5.01. The maximum atomic E-state index is 13.8. The summed E-state index contributed by atoms with van der Waals surface area (Å²) in [7, 11) is 0. The second kappa shape index (κ2) is 17.3. The molecule has 0 saturated heterocycles. The molecule has 0 saturated carbocycles. The number of fused-ring (bicyclic) bond motifs is 1. The molecule has 246 valence electrons. The van der Waals surface area contributed by atoms with E-state index in [0.717, 1.165) is 34.0 Å². The first-order valence-electron chi connectivity index (χ1n) is 15.7. The largest absolute Gasteiger partial charge is 0.445 e. The maximum Gasteiger partial charge on any atom is 0.408 e. The number of hydrogen-bond acceptors (Lipinski definition) is 6. The molecule has 1 aromatic heterocycles. The summed E-state index contributed by atoms with van der Waals surface area (Å²) >= 11 is 0. The lowest BCUT2D eigenvalue weighted by Crippen LogP contribution is -2.57. The SMILES string of the molecule is CCCCC(NC(=O)C(Cc1c[nH]c2ccccc12)NC(=O)C(C)NC(=O)OCc1ccccc1)C(=O)C(=O)NCc1ccccc1. The summed E-state index contributed by atoms with van der Waals surface area (Å²) in [5.74, 6) is -2.83. The molecule has 1 heterocycles. The van der Waals surface area contributed by atoms with Gasteiger partial charge >= 0.3 is 6.09 Å². The summed E-state index contributed by atoms with van der Waals surface area (Å²) in [5, 5.41) is 11.5. The van der Waals surface area contributed by atoms with Crippen LogP contribution in [0.5, 0.6) is 0 Å². The molecule has 0 aliphatic carbocycles. The second-order valence-corrected chi connectivity index (χ2v) is 11.3. The lowest BCUT2D eigenvalue weighted by atomic mass is 10.0. The van der Waals surface area contributed by atoms with Gasteiger partial charge in [0, 0.05) is 30.1 Å². The Morgan fingerprint density at radius 3 is 2.11 bits per heavy atom. The third-order valence-corrected chi connectivity index (χ3v) is 7.67. The van der Waals surface area contributed by atoms with E-state index in [-0.39, 0.29) is 26.0 Å². The van der Waals surface area contributed by atoms with Gasteiger partial charge in [-0.1, -0.05) is 98.6 Å². The van der Waals surface area contributed by atoms with E-state index in [1.807, 2.05) is 91.9 Å². The lowest BCUT2D eigenvalue weighted by Gasteiger charge is -2.24. The Morgan fingerprint density at radius 1 is 0.766 bits per heavy atom. The first kappa shape index (κ1) is 34.4. The van der Waals surface area contributed by atoms with Crippen LogP contribution in [0.3, 0.4) is 0 Å². The monoisotopic (exact) mass is 639 g/mol. The minimum atomic E-state index is -1.13.